The zero-order chi connectivity index (χ0) is 13.9. The van der Waals surface area contributed by atoms with Gasteiger partial charge in [0.1, 0.15) is 0 Å². The first-order valence-electron chi connectivity index (χ1n) is 3.92. The summed E-state index contributed by atoms with van der Waals surface area (Å²) < 4.78 is 14.4. The molecule has 0 rings (SSSR count). The number of carbonyl (C=O) groups is 3. The van der Waals surface area contributed by atoms with Crippen molar-refractivity contribution < 1.29 is 48.6 Å². The number of aliphatic carboxylic acids is 3. The summed E-state index contributed by atoms with van der Waals surface area (Å²) >= 11 is 0. The van der Waals surface area contributed by atoms with Gasteiger partial charge in [0.15, 0.2) is 5.60 Å². The summed E-state index contributed by atoms with van der Waals surface area (Å²) in [6.45, 7) is 0. The second-order valence-electron chi connectivity index (χ2n) is 3.02. The van der Waals surface area contributed by atoms with Crippen LogP contribution in [0, 0.1) is 0 Å². The molecule has 12 heteroatoms. The summed E-state index contributed by atoms with van der Waals surface area (Å²) in [5.41, 5.74) is -3.02. The van der Waals surface area contributed by atoms with Gasteiger partial charge < -0.3 is 25.1 Å². The maximum atomic E-state index is 10.8. The molecule has 0 radical (unpaired) electrons. The number of phosphoric ester groups is 1. The van der Waals surface area contributed by atoms with Gasteiger partial charge in [0.05, 0.1) is 12.8 Å². The van der Waals surface area contributed by atoms with Crippen molar-refractivity contribution in [2.45, 2.75) is 18.4 Å². The summed E-state index contributed by atoms with van der Waals surface area (Å²) in [4.78, 5) is 48.5. The quantitative estimate of drug-likeness (QED) is 0.266. The Kier molecular flexibility index (Phi) is 7.93. The molecule has 0 bridgehead atoms. The van der Waals surface area contributed by atoms with Crippen molar-refractivity contribution in [1.29, 1.82) is 0 Å². The molecule has 0 heterocycles. The van der Waals surface area contributed by atoms with E-state index in [0.717, 1.165) is 0 Å². The number of carboxylic acids is 3. The Morgan fingerprint density at radius 2 is 1.33 bits per heavy atom. The van der Waals surface area contributed by atoms with Crippen molar-refractivity contribution in [3.63, 3.8) is 0 Å². The summed E-state index contributed by atoms with van der Waals surface area (Å²) in [6.07, 6.45) is -2.81. The fourth-order valence-electron chi connectivity index (χ4n) is 1.03. The van der Waals surface area contributed by atoms with Gasteiger partial charge in [0.25, 0.3) is 0 Å². The first kappa shape index (κ1) is 19.9. The fraction of sp³-hybridized carbons (Fsp3) is 0.500. The van der Waals surface area contributed by atoms with Gasteiger partial charge in [-0.15, -0.1) is 0 Å². The van der Waals surface area contributed by atoms with Crippen molar-refractivity contribution in [3.8, 4) is 0 Å². The molecule has 0 fully saturated rings. The number of hydrogen-bond donors (Lipinski definition) is 5. The molecule has 18 heavy (non-hydrogen) atoms. The minimum absolute atomic E-state index is 0. The third kappa shape index (κ3) is 7.07. The Labute approximate surface area is 122 Å². The molecule has 0 spiro atoms. The van der Waals surface area contributed by atoms with Crippen LogP contribution < -0.4 is 0 Å². The molecular weight excluding hydrogens is 286 g/mol. The van der Waals surface area contributed by atoms with Crippen molar-refractivity contribution in [2.24, 2.45) is 0 Å². The van der Waals surface area contributed by atoms with Gasteiger partial charge >= 0.3 is 55.3 Å². The molecular formula is C6H10NaO10P. The standard InChI is InChI=1S/C6H9O10P.Na.H/c7-3(8)1-6(5(11)12,2-4(9)10)16-17(13,14)15;;/h1-2H2,(H,7,8)(H,9,10)(H,11,12)(H2,13,14,15);;. The predicted molar refractivity (Wildman–Crippen MR) is 55.2 cm³/mol. The van der Waals surface area contributed by atoms with Crippen LogP contribution in [0.15, 0.2) is 0 Å². The van der Waals surface area contributed by atoms with E-state index in [9.17, 15) is 18.9 Å². The molecule has 0 unspecified atom stereocenters. The predicted octanol–water partition coefficient (Wildman–Crippen LogP) is -1.78. The van der Waals surface area contributed by atoms with E-state index in [-0.39, 0.29) is 29.6 Å². The normalized spacial score (nSPS) is 11.4. The molecule has 10 nitrogen and oxygen atoms in total. The molecule has 0 saturated heterocycles. The fourth-order valence-corrected chi connectivity index (χ4v) is 1.70. The van der Waals surface area contributed by atoms with E-state index >= 15 is 0 Å². The van der Waals surface area contributed by atoms with Gasteiger partial charge in [0.2, 0.25) is 0 Å². The molecule has 0 aromatic carbocycles. The molecule has 0 aliphatic carbocycles. The second-order valence-corrected chi connectivity index (χ2v) is 4.19. The van der Waals surface area contributed by atoms with E-state index in [1.807, 2.05) is 0 Å². The maximum absolute atomic E-state index is 10.8. The molecule has 100 valence electrons. The molecule has 0 amide bonds. The Morgan fingerprint density at radius 1 is 1.00 bits per heavy atom. The first-order valence-corrected chi connectivity index (χ1v) is 5.45. The molecule has 0 aliphatic heterocycles. The van der Waals surface area contributed by atoms with E-state index in [1.54, 1.807) is 0 Å². The summed E-state index contributed by atoms with van der Waals surface area (Å²) in [5.74, 6) is -5.64. The Balaban J connectivity index is 0. The van der Waals surface area contributed by atoms with Crippen LogP contribution in [0.5, 0.6) is 0 Å². The van der Waals surface area contributed by atoms with E-state index in [1.165, 1.54) is 0 Å². The van der Waals surface area contributed by atoms with E-state index in [2.05, 4.69) is 4.52 Å². The van der Waals surface area contributed by atoms with E-state index in [4.69, 9.17) is 25.1 Å². The topological polar surface area (TPSA) is 179 Å². The third-order valence-electron chi connectivity index (χ3n) is 1.56. The van der Waals surface area contributed by atoms with Gasteiger partial charge in [-0.2, -0.15) is 0 Å². The van der Waals surface area contributed by atoms with Gasteiger partial charge in [-0.1, -0.05) is 0 Å². The van der Waals surface area contributed by atoms with Gasteiger partial charge in [-0.05, 0) is 0 Å². The van der Waals surface area contributed by atoms with Crippen LogP contribution in [0.2, 0.25) is 0 Å². The van der Waals surface area contributed by atoms with Crippen molar-refractivity contribution in [3.05, 3.63) is 0 Å². The monoisotopic (exact) mass is 296 g/mol. The average molecular weight is 296 g/mol. The summed E-state index contributed by atoms with van der Waals surface area (Å²) in [7, 11) is -5.36. The summed E-state index contributed by atoms with van der Waals surface area (Å²) in [5, 5.41) is 25.5. The average Bonchev–Trinajstić information content (AvgIpc) is 1.96. The Morgan fingerprint density at radius 3 is 1.50 bits per heavy atom. The molecule has 0 aromatic heterocycles. The molecule has 5 N–H and O–H groups in total. The van der Waals surface area contributed by atoms with Crippen LogP contribution in [0.25, 0.3) is 0 Å². The Bertz CT molecular complexity index is 370. The van der Waals surface area contributed by atoms with E-state index < -0.39 is 44.2 Å². The number of rotatable bonds is 7. The number of phosphoric acid groups is 1. The zero-order valence-electron chi connectivity index (χ0n) is 8.14. The van der Waals surface area contributed by atoms with Gasteiger partial charge in [-0.25, -0.2) is 9.36 Å². The van der Waals surface area contributed by atoms with Crippen LogP contribution in [-0.2, 0) is 23.5 Å². The first-order chi connectivity index (χ1) is 7.48. The van der Waals surface area contributed by atoms with Crippen LogP contribution in [0.3, 0.4) is 0 Å². The van der Waals surface area contributed by atoms with Gasteiger partial charge in [0, 0.05) is 0 Å². The van der Waals surface area contributed by atoms with Gasteiger partial charge in [-0.3, -0.25) is 14.1 Å². The zero-order valence-corrected chi connectivity index (χ0v) is 9.03. The van der Waals surface area contributed by atoms with Crippen LogP contribution in [0.1, 0.15) is 12.8 Å². The molecule has 0 aliphatic rings. The Hall–Kier alpha value is -0.480. The third-order valence-corrected chi connectivity index (χ3v) is 2.14. The van der Waals surface area contributed by atoms with E-state index in [0.29, 0.717) is 0 Å². The molecule has 0 saturated carbocycles. The van der Waals surface area contributed by atoms with Crippen molar-refractivity contribution >= 4 is 55.3 Å². The summed E-state index contributed by atoms with van der Waals surface area (Å²) in [6, 6.07) is 0. The SMILES string of the molecule is O=C(O)CC(CC(=O)O)(OP(=O)(O)O)C(=O)O.[NaH]. The minimum atomic E-state index is -5.36. The van der Waals surface area contributed by atoms with Crippen LogP contribution >= 0.6 is 7.82 Å². The van der Waals surface area contributed by atoms with Crippen molar-refractivity contribution in [2.75, 3.05) is 0 Å². The number of carboxylic acid groups (broad SMARTS) is 3. The number of hydrogen-bond acceptors (Lipinski definition) is 5. The van der Waals surface area contributed by atoms with Crippen LogP contribution in [0.4, 0.5) is 0 Å². The van der Waals surface area contributed by atoms with Crippen molar-refractivity contribution in [1.82, 2.24) is 0 Å². The second kappa shape index (κ2) is 7.19. The van der Waals surface area contributed by atoms with Crippen LogP contribution in [-0.4, -0.2) is 78.2 Å². The molecule has 0 aromatic rings. The molecule has 0 atom stereocenters.